The van der Waals surface area contributed by atoms with Crippen LogP contribution < -0.4 is 0 Å². The molecule has 3 heterocycles. The van der Waals surface area contributed by atoms with Crippen LogP contribution in [0.3, 0.4) is 0 Å². The predicted molar refractivity (Wildman–Crippen MR) is 43.7 cm³/mol. The molecule has 12 heavy (non-hydrogen) atoms. The minimum absolute atomic E-state index is 0.678. The molecule has 0 amide bonds. The molecule has 1 N–H and O–H groups in total. The van der Waals surface area contributed by atoms with Crippen molar-refractivity contribution in [2.45, 2.75) is 13.2 Å². The summed E-state index contributed by atoms with van der Waals surface area (Å²) in [7, 11) is 0. The molecule has 0 fully saturated rings. The fourth-order valence-corrected chi connectivity index (χ4v) is 1.65. The molecule has 2 aromatic heterocycles. The molecule has 4 nitrogen and oxygen atoms in total. The monoisotopic (exact) mass is 163 g/mol. The number of aromatic nitrogens is 3. The molecular formula is C8H9N3O. The Morgan fingerprint density at radius 1 is 1.58 bits per heavy atom. The maximum Gasteiger partial charge on any atom is 0.110 e. The smallest absolute Gasteiger partial charge is 0.110 e. The SMILES string of the molecule is c1cc2nn3c(c2[nH]1)COCC3. The lowest BCUT2D eigenvalue weighted by Crippen LogP contribution is -2.17. The Bertz CT molecular complexity index is 415. The van der Waals surface area contributed by atoms with E-state index in [1.807, 2.05) is 16.9 Å². The molecule has 0 bridgehead atoms. The third-order valence-electron chi connectivity index (χ3n) is 2.24. The van der Waals surface area contributed by atoms with Gasteiger partial charge < -0.3 is 9.72 Å². The number of hydrogen-bond donors (Lipinski definition) is 1. The van der Waals surface area contributed by atoms with Gasteiger partial charge in [-0.1, -0.05) is 0 Å². The summed E-state index contributed by atoms with van der Waals surface area (Å²) in [6, 6.07) is 1.99. The van der Waals surface area contributed by atoms with Gasteiger partial charge in [-0.3, -0.25) is 4.68 Å². The molecule has 0 saturated heterocycles. The highest BCUT2D eigenvalue weighted by atomic mass is 16.5. The number of aromatic amines is 1. The normalized spacial score (nSPS) is 16.7. The van der Waals surface area contributed by atoms with Gasteiger partial charge in [0, 0.05) is 6.20 Å². The van der Waals surface area contributed by atoms with Crippen LogP contribution in [0.1, 0.15) is 5.69 Å². The first kappa shape index (κ1) is 6.25. The first-order chi connectivity index (χ1) is 5.95. The van der Waals surface area contributed by atoms with Crippen molar-refractivity contribution in [3.05, 3.63) is 18.0 Å². The van der Waals surface area contributed by atoms with E-state index in [1.165, 1.54) is 5.69 Å². The van der Waals surface area contributed by atoms with Gasteiger partial charge in [0.25, 0.3) is 0 Å². The van der Waals surface area contributed by atoms with Gasteiger partial charge in [-0.2, -0.15) is 5.10 Å². The van der Waals surface area contributed by atoms with Gasteiger partial charge in [-0.05, 0) is 6.07 Å². The zero-order valence-corrected chi connectivity index (χ0v) is 6.58. The molecule has 3 rings (SSSR count). The second kappa shape index (κ2) is 2.10. The first-order valence-corrected chi connectivity index (χ1v) is 4.06. The average Bonchev–Trinajstić information content (AvgIpc) is 2.62. The van der Waals surface area contributed by atoms with Crippen LogP contribution >= 0.6 is 0 Å². The van der Waals surface area contributed by atoms with Crippen molar-refractivity contribution in [3.63, 3.8) is 0 Å². The van der Waals surface area contributed by atoms with Gasteiger partial charge in [0.05, 0.1) is 31.0 Å². The molecule has 0 aliphatic carbocycles. The van der Waals surface area contributed by atoms with Crippen LogP contribution in [-0.4, -0.2) is 21.4 Å². The van der Waals surface area contributed by atoms with E-state index in [9.17, 15) is 0 Å². The van der Waals surface area contributed by atoms with Gasteiger partial charge >= 0.3 is 0 Å². The minimum Gasteiger partial charge on any atom is -0.373 e. The van der Waals surface area contributed by atoms with Crippen LogP contribution in [0.15, 0.2) is 12.3 Å². The lowest BCUT2D eigenvalue weighted by Gasteiger charge is -2.13. The quantitative estimate of drug-likeness (QED) is 0.626. The number of nitrogens with zero attached hydrogens (tertiary/aromatic N) is 2. The molecule has 62 valence electrons. The van der Waals surface area contributed by atoms with E-state index in [0.717, 1.165) is 24.2 Å². The van der Waals surface area contributed by atoms with Gasteiger partial charge in [-0.25, -0.2) is 0 Å². The van der Waals surface area contributed by atoms with Crippen LogP contribution in [0.2, 0.25) is 0 Å². The maximum atomic E-state index is 5.35. The Morgan fingerprint density at radius 2 is 2.58 bits per heavy atom. The van der Waals surface area contributed by atoms with Crippen molar-refractivity contribution in [1.82, 2.24) is 14.8 Å². The molecule has 0 aromatic carbocycles. The summed E-state index contributed by atoms with van der Waals surface area (Å²) >= 11 is 0. The van der Waals surface area contributed by atoms with E-state index in [2.05, 4.69) is 10.1 Å². The molecular weight excluding hydrogens is 154 g/mol. The van der Waals surface area contributed by atoms with Crippen LogP contribution in [0, 0.1) is 0 Å². The lowest BCUT2D eigenvalue weighted by molar-refractivity contribution is 0.0810. The average molecular weight is 163 g/mol. The summed E-state index contributed by atoms with van der Waals surface area (Å²) in [5, 5.41) is 4.42. The zero-order valence-electron chi connectivity index (χ0n) is 6.58. The van der Waals surface area contributed by atoms with E-state index in [0.29, 0.717) is 6.61 Å². The van der Waals surface area contributed by atoms with Crippen LogP contribution in [0.25, 0.3) is 11.0 Å². The summed E-state index contributed by atoms with van der Waals surface area (Å²) in [6.07, 6.45) is 1.91. The summed E-state index contributed by atoms with van der Waals surface area (Å²) in [6.45, 7) is 2.33. The summed E-state index contributed by atoms with van der Waals surface area (Å²) in [4.78, 5) is 3.16. The Kier molecular flexibility index (Phi) is 1.10. The Balaban J connectivity index is 2.34. The second-order valence-electron chi connectivity index (χ2n) is 2.96. The Hall–Kier alpha value is -1.29. The van der Waals surface area contributed by atoms with Crippen LogP contribution in [0.4, 0.5) is 0 Å². The molecule has 0 spiro atoms. The van der Waals surface area contributed by atoms with E-state index >= 15 is 0 Å². The van der Waals surface area contributed by atoms with Gasteiger partial charge in [0.15, 0.2) is 0 Å². The van der Waals surface area contributed by atoms with Crippen molar-refractivity contribution in [2.75, 3.05) is 6.61 Å². The number of H-pyrrole nitrogens is 1. The lowest BCUT2D eigenvalue weighted by atomic mass is 10.3. The number of rotatable bonds is 0. The van der Waals surface area contributed by atoms with Crippen molar-refractivity contribution >= 4 is 11.0 Å². The van der Waals surface area contributed by atoms with Gasteiger partial charge in [-0.15, -0.1) is 0 Å². The molecule has 0 atom stereocenters. The number of ether oxygens (including phenoxy) is 1. The molecule has 1 aliphatic rings. The third-order valence-corrected chi connectivity index (χ3v) is 2.24. The number of nitrogens with one attached hydrogen (secondary N) is 1. The van der Waals surface area contributed by atoms with E-state index < -0.39 is 0 Å². The second-order valence-corrected chi connectivity index (χ2v) is 2.96. The maximum absolute atomic E-state index is 5.35. The number of hydrogen-bond acceptors (Lipinski definition) is 2. The highest BCUT2D eigenvalue weighted by molar-refractivity contribution is 5.77. The summed E-state index contributed by atoms with van der Waals surface area (Å²) < 4.78 is 7.37. The predicted octanol–water partition coefficient (Wildman–Crippen LogP) is 0.895. The standard InChI is InChI=1S/C8H9N3O/c1-2-9-8-6(1)10-11-3-4-12-5-7(8)11/h1-2,9H,3-5H2. The van der Waals surface area contributed by atoms with E-state index in [1.54, 1.807) is 0 Å². The largest absolute Gasteiger partial charge is 0.373 e. The van der Waals surface area contributed by atoms with Crippen molar-refractivity contribution in [1.29, 1.82) is 0 Å². The number of fused-ring (bicyclic) bond motifs is 3. The Labute approximate surface area is 69.1 Å². The molecule has 0 radical (unpaired) electrons. The first-order valence-electron chi connectivity index (χ1n) is 4.06. The highest BCUT2D eigenvalue weighted by Gasteiger charge is 2.15. The van der Waals surface area contributed by atoms with Gasteiger partial charge in [0.1, 0.15) is 5.52 Å². The summed E-state index contributed by atoms with van der Waals surface area (Å²) in [5.41, 5.74) is 3.33. The highest BCUT2D eigenvalue weighted by Crippen LogP contribution is 2.19. The van der Waals surface area contributed by atoms with Crippen molar-refractivity contribution in [2.24, 2.45) is 0 Å². The van der Waals surface area contributed by atoms with Crippen molar-refractivity contribution in [3.8, 4) is 0 Å². The topological polar surface area (TPSA) is 42.8 Å². The Morgan fingerprint density at radius 3 is 3.58 bits per heavy atom. The van der Waals surface area contributed by atoms with E-state index in [-0.39, 0.29) is 0 Å². The van der Waals surface area contributed by atoms with Crippen molar-refractivity contribution < 1.29 is 4.74 Å². The fraction of sp³-hybridized carbons (Fsp3) is 0.375. The third kappa shape index (κ3) is 0.674. The molecule has 0 saturated carbocycles. The van der Waals surface area contributed by atoms with E-state index in [4.69, 9.17) is 4.74 Å². The zero-order chi connectivity index (χ0) is 7.97. The van der Waals surface area contributed by atoms with Crippen LogP contribution in [-0.2, 0) is 17.9 Å². The molecule has 1 aliphatic heterocycles. The van der Waals surface area contributed by atoms with Gasteiger partial charge in [0.2, 0.25) is 0 Å². The van der Waals surface area contributed by atoms with Crippen LogP contribution in [0.5, 0.6) is 0 Å². The fourth-order valence-electron chi connectivity index (χ4n) is 1.65. The summed E-state index contributed by atoms with van der Waals surface area (Å²) in [5.74, 6) is 0. The molecule has 4 heteroatoms. The molecule has 2 aromatic rings. The molecule has 0 unspecified atom stereocenters. The minimum atomic E-state index is 0.678.